The first kappa shape index (κ1) is 37.6. The van der Waals surface area contributed by atoms with Crippen molar-refractivity contribution in [3.05, 3.63) is 12.7 Å². The third kappa shape index (κ3) is 17.5. The molecular weight excluding hydrogens is 569 g/mol. The summed E-state index contributed by atoms with van der Waals surface area (Å²) in [6.45, 7) is 7.80. The maximum atomic E-state index is 12.5. The summed E-state index contributed by atoms with van der Waals surface area (Å²) in [7, 11) is -4.19. The van der Waals surface area contributed by atoms with Gasteiger partial charge in [0.1, 0.15) is 18.2 Å². The Hall–Kier alpha value is -1.62. The smallest absolute Gasteiger partial charge is 0.165 e. The largest absolute Gasteiger partial charge is 0.777 e. The van der Waals surface area contributed by atoms with Crippen molar-refractivity contribution < 1.29 is 28.2 Å². The lowest BCUT2D eigenvalue weighted by molar-refractivity contribution is -0.206. The highest BCUT2D eigenvalue weighted by Gasteiger charge is 2.19. The number of nitrogen functional groups attached to an aromatic ring is 1. The molecular formula is C31H57N5O6P-. The molecule has 2 aromatic rings. The number of hydrogen-bond acceptors (Lipinski definition) is 10. The fourth-order valence-corrected chi connectivity index (χ4v) is 5.68. The van der Waals surface area contributed by atoms with Crippen LogP contribution in [0.15, 0.2) is 12.7 Å². The highest BCUT2D eigenvalue weighted by Crippen LogP contribution is 2.37. The van der Waals surface area contributed by atoms with Crippen molar-refractivity contribution in [2.75, 3.05) is 38.5 Å². The number of nitrogens with two attached hydrogens (primary N) is 1. The first-order chi connectivity index (χ1) is 20.8. The Kier molecular flexibility index (Phi) is 19.9. The van der Waals surface area contributed by atoms with E-state index in [0.717, 1.165) is 6.42 Å². The zero-order chi connectivity index (χ0) is 31.2. The first-order valence-electron chi connectivity index (χ1n) is 16.5. The molecule has 2 N–H and O–H groups in total. The highest BCUT2D eigenvalue weighted by molar-refractivity contribution is 7.51. The minimum absolute atomic E-state index is 0.0385. The Morgan fingerprint density at radius 3 is 2.07 bits per heavy atom. The Bertz CT molecular complexity index is 1020. The van der Waals surface area contributed by atoms with E-state index in [-0.39, 0.29) is 31.7 Å². The maximum absolute atomic E-state index is 12.5. The second-order valence-corrected chi connectivity index (χ2v) is 13.4. The van der Waals surface area contributed by atoms with Gasteiger partial charge in [-0.3, -0.25) is 0 Å². The first-order valence-corrected chi connectivity index (χ1v) is 18.2. The van der Waals surface area contributed by atoms with E-state index in [1.165, 1.54) is 89.8 Å². The van der Waals surface area contributed by atoms with E-state index in [1.54, 1.807) is 10.9 Å². The fourth-order valence-electron chi connectivity index (χ4n) is 4.80. The molecule has 43 heavy (non-hydrogen) atoms. The van der Waals surface area contributed by atoms with Gasteiger partial charge < -0.3 is 38.5 Å². The number of fused-ring (bicyclic) bond motifs is 1. The molecule has 0 radical (unpaired) electrons. The van der Waals surface area contributed by atoms with Crippen LogP contribution in [-0.4, -0.2) is 64.5 Å². The minimum Gasteiger partial charge on any atom is -0.777 e. The molecule has 0 aliphatic carbocycles. The van der Waals surface area contributed by atoms with Gasteiger partial charge in [0.25, 0.3) is 0 Å². The molecule has 0 saturated carbocycles. The van der Waals surface area contributed by atoms with Crippen molar-refractivity contribution in [3.63, 3.8) is 0 Å². The molecule has 0 amide bonds. The van der Waals surface area contributed by atoms with Crippen LogP contribution in [0.5, 0.6) is 0 Å². The van der Waals surface area contributed by atoms with Gasteiger partial charge in [0.15, 0.2) is 19.1 Å². The van der Waals surface area contributed by atoms with Crippen molar-refractivity contribution in [2.24, 2.45) is 0 Å². The van der Waals surface area contributed by atoms with Crippen LogP contribution in [0, 0.1) is 0 Å². The van der Waals surface area contributed by atoms with E-state index >= 15 is 0 Å². The maximum Gasteiger partial charge on any atom is 0.165 e. The van der Waals surface area contributed by atoms with Gasteiger partial charge in [0.05, 0.1) is 38.3 Å². The molecule has 0 aliphatic heterocycles. The average molecular weight is 627 g/mol. The predicted molar refractivity (Wildman–Crippen MR) is 170 cm³/mol. The van der Waals surface area contributed by atoms with E-state index in [0.29, 0.717) is 30.8 Å². The van der Waals surface area contributed by atoms with E-state index in [9.17, 15) is 9.46 Å². The molecule has 2 heterocycles. The van der Waals surface area contributed by atoms with Gasteiger partial charge in [0.2, 0.25) is 0 Å². The molecule has 0 aromatic carbocycles. The van der Waals surface area contributed by atoms with Crippen molar-refractivity contribution in [2.45, 2.75) is 136 Å². The molecule has 2 atom stereocenters. The van der Waals surface area contributed by atoms with Gasteiger partial charge in [-0.15, -0.1) is 0 Å². The van der Waals surface area contributed by atoms with Gasteiger partial charge in [-0.05, 0) is 26.7 Å². The number of unbranched alkanes of at least 4 members (excludes halogenated alkanes) is 13. The van der Waals surface area contributed by atoms with E-state index in [1.807, 2.05) is 13.8 Å². The zero-order valence-electron chi connectivity index (χ0n) is 26.9. The van der Waals surface area contributed by atoms with Crippen LogP contribution in [0.3, 0.4) is 0 Å². The van der Waals surface area contributed by atoms with Gasteiger partial charge in [-0.1, -0.05) is 90.4 Å². The van der Waals surface area contributed by atoms with Gasteiger partial charge >= 0.3 is 0 Å². The molecule has 248 valence electrons. The molecule has 12 heteroatoms. The second-order valence-electron chi connectivity index (χ2n) is 11.6. The van der Waals surface area contributed by atoms with Crippen LogP contribution in [-0.2, 0) is 29.8 Å². The summed E-state index contributed by atoms with van der Waals surface area (Å²) in [4.78, 5) is 24.9. The molecule has 0 bridgehead atoms. The van der Waals surface area contributed by atoms with E-state index in [2.05, 4.69) is 21.9 Å². The van der Waals surface area contributed by atoms with Crippen LogP contribution in [0.1, 0.15) is 117 Å². The van der Waals surface area contributed by atoms with E-state index < -0.39 is 20.0 Å². The number of aromatic nitrogens is 4. The summed E-state index contributed by atoms with van der Waals surface area (Å²) in [6, 6.07) is 0. The molecule has 11 nitrogen and oxygen atoms in total. The van der Waals surface area contributed by atoms with Gasteiger partial charge in [-0.25, -0.2) is 15.0 Å². The second kappa shape index (κ2) is 22.8. The van der Waals surface area contributed by atoms with Crippen molar-refractivity contribution in [1.29, 1.82) is 0 Å². The number of imidazole rings is 1. The molecule has 2 rings (SSSR count). The normalized spacial score (nSPS) is 14.1. The molecule has 0 fully saturated rings. The number of ether oxygens (including phenoxy) is 3. The lowest BCUT2D eigenvalue weighted by Crippen LogP contribution is -2.28. The summed E-state index contributed by atoms with van der Waals surface area (Å²) in [6.07, 6.45) is 20.9. The fraction of sp³-hybridized carbons (Fsp3) is 0.839. The summed E-state index contributed by atoms with van der Waals surface area (Å²) >= 11 is 0. The quantitative estimate of drug-likeness (QED) is 0.0806. The third-order valence-corrected chi connectivity index (χ3v) is 8.32. The Morgan fingerprint density at radius 2 is 1.44 bits per heavy atom. The van der Waals surface area contributed by atoms with Gasteiger partial charge in [0, 0.05) is 13.2 Å². The Labute approximate surface area is 259 Å². The van der Waals surface area contributed by atoms with Crippen molar-refractivity contribution >= 4 is 24.6 Å². The molecule has 2 aromatic heterocycles. The monoisotopic (exact) mass is 626 g/mol. The lowest BCUT2D eigenvalue weighted by atomic mass is 10.0. The van der Waals surface area contributed by atoms with Crippen LogP contribution < -0.4 is 10.6 Å². The standard InChI is InChI=1S/C31H58N5O6P/c1-4-5-6-7-8-9-10-11-12-13-14-15-16-17-19-39-20-18-21-42-43(37,38)26-41-28(23-40-27(2)3)22-36-25-35-29-30(32)33-24-34-31(29)36/h24-25,27-28H,4-23,26H2,1-3H3,(H,37,38)(H2,32,33,34)/p-1/t28-/m0/s1. The number of rotatable bonds is 28. The van der Waals surface area contributed by atoms with Crippen LogP contribution in [0.2, 0.25) is 0 Å². The lowest BCUT2D eigenvalue weighted by Gasteiger charge is -2.27. The summed E-state index contributed by atoms with van der Waals surface area (Å²) < 4.78 is 36.4. The summed E-state index contributed by atoms with van der Waals surface area (Å²) in [5.41, 5.74) is 6.89. The topological polar surface area (TPSA) is 147 Å². The number of hydrogen-bond donors (Lipinski definition) is 1. The van der Waals surface area contributed by atoms with E-state index in [4.69, 9.17) is 24.5 Å². The summed E-state index contributed by atoms with van der Waals surface area (Å²) in [5.74, 6) is 0.278. The highest BCUT2D eigenvalue weighted by atomic mass is 31.2. The zero-order valence-corrected chi connectivity index (χ0v) is 27.8. The summed E-state index contributed by atoms with van der Waals surface area (Å²) in [5, 5.41) is 0. The van der Waals surface area contributed by atoms with Crippen LogP contribution in [0.4, 0.5) is 5.82 Å². The van der Waals surface area contributed by atoms with Gasteiger partial charge in [-0.2, -0.15) is 0 Å². The third-order valence-electron chi connectivity index (χ3n) is 7.28. The van der Waals surface area contributed by atoms with Crippen molar-refractivity contribution in [3.8, 4) is 0 Å². The predicted octanol–water partition coefficient (Wildman–Crippen LogP) is 6.63. The molecule has 0 spiro atoms. The Balaban J connectivity index is 1.50. The number of anilines is 1. The van der Waals surface area contributed by atoms with Crippen LogP contribution in [0.25, 0.3) is 11.2 Å². The van der Waals surface area contributed by atoms with Crippen LogP contribution >= 0.6 is 7.60 Å². The Morgan fingerprint density at radius 1 is 0.837 bits per heavy atom. The SMILES string of the molecule is CCCCCCCCCCCCCCCCOCCCOP(=O)([O-])CO[C@H](COC(C)C)Cn1cnc2c(N)ncnc21. The average Bonchev–Trinajstić information content (AvgIpc) is 3.39. The molecule has 1 unspecified atom stereocenters. The minimum atomic E-state index is -4.19. The molecule has 0 saturated heterocycles. The number of nitrogens with zero attached hydrogens (tertiary/aromatic N) is 4. The van der Waals surface area contributed by atoms with Crippen molar-refractivity contribution in [1.82, 2.24) is 19.5 Å². The molecule has 0 aliphatic rings.